The summed E-state index contributed by atoms with van der Waals surface area (Å²) in [5.41, 5.74) is 0.687. The number of allylic oxidation sites excluding steroid dienone is 3. The van der Waals surface area contributed by atoms with E-state index < -0.39 is 0 Å². The van der Waals surface area contributed by atoms with Crippen LogP contribution in [0.1, 0.15) is 0 Å². The molecule has 0 saturated carbocycles. The van der Waals surface area contributed by atoms with Crippen molar-refractivity contribution in [3.63, 3.8) is 0 Å². The van der Waals surface area contributed by atoms with Gasteiger partial charge in [-0.3, -0.25) is 4.99 Å². The van der Waals surface area contributed by atoms with Crippen LogP contribution >= 0.6 is 0 Å². The van der Waals surface area contributed by atoms with Gasteiger partial charge in [0, 0.05) is 6.21 Å². The molecular formula is C10H12N2O. The van der Waals surface area contributed by atoms with Crippen molar-refractivity contribution < 1.29 is 4.74 Å². The molecule has 0 amide bonds. The van der Waals surface area contributed by atoms with Crippen molar-refractivity contribution in [1.29, 1.82) is 0 Å². The highest BCUT2D eigenvalue weighted by molar-refractivity contribution is 5.96. The Labute approximate surface area is 77.9 Å². The third kappa shape index (κ3) is 2.71. The van der Waals surface area contributed by atoms with Crippen molar-refractivity contribution >= 4 is 12.1 Å². The third-order valence-corrected chi connectivity index (χ3v) is 1.40. The van der Waals surface area contributed by atoms with E-state index in [1.807, 2.05) is 0 Å². The van der Waals surface area contributed by atoms with E-state index in [1.54, 1.807) is 24.4 Å². The molecular weight excluding hydrogens is 164 g/mol. The second-order valence-electron chi connectivity index (χ2n) is 2.34. The number of aliphatic imine (C=N–C) groups is 2. The predicted octanol–water partition coefficient (Wildman–Crippen LogP) is 1.74. The fraction of sp³-hybridized carbons (Fsp3) is 0.200. The molecule has 0 N–H and O–H groups in total. The summed E-state index contributed by atoms with van der Waals surface area (Å²) >= 11 is 0. The highest BCUT2D eigenvalue weighted by Gasteiger charge is 2.10. The van der Waals surface area contributed by atoms with E-state index in [4.69, 9.17) is 4.74 Å². The lowest BCUT2D eigenvalue weighted by Crippen LogP contribution is -2.01. The van der Waals surface area contributed by atoms with Gasteiger partial charge in [0.2, 0.25) is 5.90 Å². The summed E-state index contributed by atoms with van der Waals surface area (Å²) in [6.07, 6.45) is 6.61. The zero-order valence-corrected chi connectivity index (χ0v) is 7.44. The molecule has 0 fully saturated rings. The average Bonchev–Trinajstić information content (AvgIpc) is 2.65. The van der Waals surface area contributed by atoms with E-state index in [-0.39, 0.29) is 0 Å². The van der Waals surface area contributed by atoms with Crippen molar-refractivity contribution in [3.8, 4) is 0 Å². The molecule has 0 bridgehead atoms. The quantitative estimate of drug-likeness (QED) is 0.474. The molecule has 68 valence electrons. The zero-order valence-electron chi connectivity index (χ0n) is 7.44. The maximum atomic E-state index is 5.25. The van der Waals surface area contributed by atoms with Gasteiger partial charge in [0.05, 0.1) is 6.54 Å². The Morgan fingerprint density at radius 2 is 2.31 bits per heavy atom. The van der Waals surface area contributed by atoms with Gasteiger partial charge in [0.1, 0.15) is 12.3 Å². The van der Waals surface area contributed by atoms with Crippen molar-refractivity contribution in [2.75, 3.05) is 13.2 Å². The molecule has 0 aromatic rings. The van der Waals surface area contributed by atoms with Crippen molar-refractivity contribution in [2.24, 2.45) is 9.98 Å². The average molecular weight is 176 g/mol. The number of nitrogens with zero attached hydrogens (tertiary/aromatic N) is 2. The minimum absolute atomic E-state index is 0.581. The second kappa shape index (κ2) is 5.09. The first kappa shape index (κ1) is 9.45. The van der Waals surface area contributed by atoms with Crippen LogP contribution in [0.5, 0.6) is 0 Å². The summed E-state index contributed by atoms with van der Waals surface area (Å²) in [4.78, 5) is 8.24. The molecule has 1 aliphatic rings. The van der Waals surface area contributed by atoms with E-state index >= 15 is 0 Å². The lowest BCUT2D eigenvalue weighted by molar-refractivity contribution is 0.347. The van der Waals surface area contributed by atoms with Gasteiger partial charge in [-0.05, 0) is 6.08 Å². The van der Waals surface area contributed by atoms with Gasteiger partial charge in [-0.1, -0.05) is 25.3 Å². The summed E-state index contributed by atoms with van der Waals surface area (Å²) in [5.74, 6) is 0.581. The fourth-order valence-corrected chi connectivity index (χ4v) is 0.904. The van der Waals surface area contributed by atoms with Gasteiger partial charge in [0.15, 0.2) is 0 Å². The van der Waals surface area contributed by atoms with Crippen LogP contribution in [-0.4, -0.2) is 25.3 Å². The molecule has 13 heavy (non-hydrogen) atoms. The standard InChI is InChI=1S/C10H12N2O/c1-3-5-9(11-6-4-2)10-12-7-8-13-10/h3-6H,1-2,7-8H2/b9-5-,11-6?. The van der Waals surface area contributed by atoms with Crippen molar-refractivity contribution in [1.82, 2.24) is 0 Å². The summed E-state index contributed by atoms with van der Waals surface area (Å²) in [7, 11) is 0. The Kier molecular flexibility index (Phi) is 3.70. The van der Waals surface area contributed by atoms with E-state index in [9.17, 15) is 0 Å². The summed E-state index contributed by atoms with van der Waals surface area (Å²) in [5, 5.41) is 0. The van der Waals surface area contributed by atoms with Crippen LogP contribution in [0, 0.1) is 0 Å². The van der Waals surface area contributed by atoms with E-state index in [1.165, 1.54) is 0 Å². The van der Waals surface area contributed by atoms with Gasteiger partial charge in [0.25, 0.3) is 0 Å². The normalized spacial score (nSPS) is 16.9. The van der Waals surface area contributed by atoms with Crippen LogP contribution in [0.25, 0.3) is 0 Å². The minimum atomic E-state index is 0.581. The molecule has 1 aliphatic heterocycles. The first-order valence-electron chi connectivity index (χ1n) is 4.04. The van der Waals surface area contributed by atoms with Crippen molar-refractivity contribution in [2.45, 2.75) is 0 Å². The Hall–Kier alpha value is -1.64. The number of ether oxygens (including phenoxy) is 1. The van der Waals surface area contributed by atoms with E-state index in [0.29, 0.717) is 24.7 Å². The monoisotopic (exact) mass is 176 g/mol. The van der Waals surface area contributed by atoms with Crippen molar-refractivity contribution in [3.05, 3.63) is 37.1 Å². The summed E-state index contributed by atoms with van der Waals surface area (Å²) in [6, 6.07) is 0. The van der Waals surface area contributed by atoms with Gasteiger partial charge < -0.3 is 4.74 Å². The lowest BCUT2D eigenvalue weighted by Gasteiger charge is -1.99. The highest BCUT2D eigenvalue weighted by Crippen LogP contribution is 2.07. The number of hydrogen-bond donors (Lipinski definition) is 0. The maximum absolute atomic E-state index is 5.25. The molecule has 0 unspecified atom stereocenters. The van der Waals surface area contributed by atoms with Crippen LogP contribution in [-0.2, 0) is 4.74 Å². The Morgan fingerprint density at radius 1 is 1.46 bits per heavy atom. The smallest absolute Gasteiger partial charge is 0.235 e. The molecule has 1 heterocycles. The van der Waals surface area contributed by atoms with Crippen LogP contribution in [0.3, 0.4) is 0 Å². The lowest BCUT2D eigenvalue weighted by atomic mass is 10.4. The van der Waals surface area contributed by atoms with Gasteiger partial charge in [-0.2, -0.15) is 0 Å². The molecule has 0 aliphatic carbocycles. The van der Waals surface area contributed by atoms with Gasteiger partial charge >= 0.3 is 0 Å². The first-order chi connectivity index (χ1) is 6.38. The highest BCUT2D eigenvalue weighted by atomic mass is 16.5. The minimum Gasteiger partial charge on any atom is -0.474 e. The molecule has 0 spiro atoms. The van der Waals surface area contributed by atoms with E-state index in [2.05, 4.69) is 23.1 Å². The Bertz CT molecular complexity index is 287. The second-order valence-corrected chi connectivity index (χ2v) is 2.34. The van der Waals surface area contributed by atoms with Gasteiger partial charge in [-0.15, -0.1) is 0 Å². The fourth-order valence-electron chi connectivity index (χ4n) is 0.904. The number of rotatable bonds is 4. The Morgan fingerprint density at radius 3 is 2.85 bits per heavy atom. The SMILES string of the molecule is C=CC=N/C(=C\C=C)C1=NCCO1. The largest absolute Gasteiger partial charge is 0.474 e. The molecule has 0 atom stereocenters. The van der Waals surface area contributed by atoms with Crippen LogP contribution in [0.4, 0.5) is 0 Å². The molecule has 1 rings (SSSR count). The summed E-state index contributed by atoms with van der Waals surface area (Å²) in [6.45, 7) is 8.46. The molecule has 0 radical (unpaired) electrons. The molecule has 3 heteroatoms. The Balaban J connectivity index is 2.78. The third-order valence-electron chi connectivity index (χ3n) is 1.40. The maximum Gasteiger partial charge on any atom is 0.235 e. The van der Waals surface area contributed by atoms with E-state index in [0.717, 1.165) is 0 Å². The molecule has 0 aromatic carbocycles. The topological polar surface area (TPSA) is 34.0 Å². The van der Waals surface area contributed by atoms with Crippen LogP contribution in [0.2, 0.25) is 0 Å². The summed E-state index contributed by atoms with van der Waals surface area (Å²) < 4.78 is 5.25. The number of hydrogen-bond acceptors (Lipinski definition) is 3. The molecule has 0 saturated heterocycles. The van der Waals surface area contributed by atoms with Crippen LogP contribution in [0.15, 0.2) is 47.1 Å². The zero-order chi connectivity index (χ0) is 9.52. The molecule has 0 aromatic heterocycles. The van der Waals surface area contributed by atoms with Gasteiger partial charge in [-0.25, -0.2) is 4.99 Å². The molecule has 3 nitrogen and oxygen atoms in total. The van der Waals surface area contributed by atoms with Crippen LogP contribution < -0.4 is 0 Å². The predicted molar refractivity (Wildman–Crippen MR) is 55.2 cm³/mol. The first-order valence-corrected chi connectivity index (χ1v) is 4.04.